The van der Waals surface area contributed by atoms with Gasteiger partial charge in [0, 0.05) is 18.6 Å². The molecule has 0 radical (unpaired) electrons. The van der Waals surface area contributed by atoms with Crippen LogP contribution in [0.3, 0.4) is 0 Å². The van der Waals surface area contributed by atoms with E-state index >= 15 is 0 Å². The maximum Gasteiger partial charge on any atom is 0.416 e. The molecule has 30 heavy (non-hydrogen) atoms. The van der Waals surface area contributed by atoms with E-state index in [1.807, 2.05) is 37.4 Å². The van der Waals surface area contributed by atoms with Crippen LogP contribution < -0.4 is 10.1 Å². The zero-order valence-electron chi connectivity index (χ0n) is 16.1. The van der Waals surface area contributed by atoms with Gasteiger partial charge in [-0.25, -0.2) is 9.59 Å². The molecule has 0 aliphatic heterocycles. The van der Waals surface area contributed by atoms with E-state index in [0.29, 0.717) is 17.9 Å². The van der Waals surface area contributed by atoms with Crippen molar-refractivity contribution in [3.8, 4) is 5.75 Å². The fourth-order valence-electron chi connectivity index (χ4n) is 2.27. The van der Waals surface area contributed by atoms with E-state index in [-0.39, 0.29) is 6.10 Å². The molecule has 0 amide bonds. The zero-order valence-corrected chi connectivity index (χ0v) is 16.1. The van der Waals surface area contributed by atoms with Crippen molar-refractivity contribution in [3.63, 3.8) is 0 Å². The van der Waals surface area contributed by atoms with E-state index in [0.717, 1.165) is 30.7 Å². The molecule has 0 heterocycles. The van der Waals surface area contributed by atoms with Gasteiger partial charge in [-0.1, -0.05) is 30.3 Å². The molecule has 0 saturated heterocycles. The summed E-state index contributed by atoms with van der Waals surface area (Å²) in [6, 6.07) is 14.4. The molecule has 0 aromatic heterocycles. The van der Waals surface area contributed by atoms with Gasteiger partial charge >= 0.3 is 18.1 Å². The summed E-state index contributed by atoms with van der Waals surface area (Å²) in [7, 11) is 1.85. The molecule has 0 bridgehead atoms. The number of hydrogen-bond acceptors (Lipinski definition) is 4. The molecular weight excluding hydrogens is 403 g/mol. The molecule has 0 saturated carbocycles. The summed E-state index contributed by atoms with van der Waals surface area (Å²) in [4.78, 5) is 19.1. The average Bonchev–Trinajstić information content (AvgIpc) is 2.70. The highest BCUT2D eigenvalue weighted by Gasteiger charge is 2.30. The van der Waals surface area contributed by atoms with Crippen molar-refractivity contribution in [2.75, 3.05) is 13.6 Å². The van der Waals surface area contributed by atoms with Gasteiger partial charge in [-0.2, -0.15) is 13.2 Å². The second-order valence-electron chi connectivity index (χ2n) is 5.94. The summed E-state index contributed by atoms with van der Waals surface area (Å²) < 4.78 is 43.6. The molecule has 0 spiro atoms. The SMILES string of the molecule is CNCCC(Oc1ccc(C(F)(F)F)cc1)c1ccccc1.O=C(O)C=CC(=O)O. The summed E-state index contributed by atoms with van der Waals surface area (Å²) in [5.41, 5.74) is 0.323. The monoisotopic (exact) mass is 425 g/mol. The van der Waals surface area contributed by atoms with Gasteiger partial charge in [-0.15, -0.1) is 0 Å². The van der Waals surface area contributed by atoms with E-state index in [1.54, 1.807) is 0 Å². The Balaban J connectivity index is 0.000000479. The van der Waals surface area contributed by atoms with Crippen LogP contribution in [-0.4, -0.2) is 35.7 Å². The summed E-state index contributed by atoms with van der Waals surface area (Å²) in [6.07, 6.45) is -2.69. The van der Waals surface area contributed by atoms with Crippen molar-refractivity contribution in [1.82, 2.24) is 5.32 Å². The van der Waals surface area contributed by atoms with E-state index < -0.39 is 23.7 Å². The summed E-state index contributed by atoms with van der Waals surface area (Å²) in [5, 5.41) is 18.7. The summed E-state index contributed by atoms with van der Waals surface area (Å²) >= 11 is 0. The number of rotatable bonds is 8. The maximum absolute atomic E-state index is 12.6. The predicted molar refractivity (Wildman–Crippen MR) is 104 cm³/mol. The van der Waals surface area contributed by atoms with Crippen LogP contribution in [0.4, 0.5) is 13.2 Å². The van der Waals surface area contributed by atoms with Crippen LogP contribution in [0.15, 0.2) is 66.7 Å². The number of carboxylic acids is 2. The highest BCUT2D eigenvalue weighted by atomic mass is 19.4. The molecule has 0 aliphatic carbocycles. The van der Waals surface area contributed by atoms with Crippen molar-refractivity contribution in [2.45, 2.75) is 18.7 Å². The lowest BCUT2D eigenvalue weighted by molar-refractivity contribution is -0.137. The predicted octanol–water partition coefficient (Wildman–Crippen LogP) is 4.15. The Morgan fingerprint density at radius 3 is 1.97 bits per heavy atom. The number of hydrogen-bond donors (Lipinski definition) is 3. The largest absolute Gasteiger partial charge is 0.486 e. The zero-order chi connectivity index (χ0) is 22.6. The average molecular weight is 425 g/mol. The van der Waals surface area contributed by atoms with Gasteiger partial charge in [0.1, 0.15) is 11.9 Å². The van der Waals surface area contributed by atoms with Crippen LogP contribution in [-0.2, 0) is 15.8 Å². The van der Waals surface area contributed by atoms with E-state index in [9.17, 15) is 22.8 Å². The minimum absolute atomic E-state index is 0.203. The lowest BCUT2D eigenvalue weighted by Crippen LogP contribution is -2.16. The summed E-state index contributed by atoms with van der Waals surface area (Å²) in [6.45, 7) is 0.750. The first-order valence-corrected chi connectivity index (χ1v) is 8.81. The highest BCUT2D eigenvalue weighted by molar-refractivity contribution is 5.89. The number of halogens is 3. The number of nitrogens with one attached hydrogen (secondary N) is 1. The van der Waals surface area contributed by atoms with Crippen LogP contribution >= 0.6 is 0 Å². The molecule has 6 nitrogen and oxygen atoms in total. The van der Waals surface area contributed by atoms with Crippen molar-refractivity contribution in [3.05, 3.63) is 77.9 Å². The minimum Gasteiger partial charge on any atom is -0.486 e. The smallest absolute Gasteiger partial charge is 0.416 e. The van der Waals surface area contributed by atoms with E-state index in [1.165, 1.54) is 12.1 Å². The van der Waals surface area contributed by atoms with Crippen LogP contribution in [0.2, 0.25) is 0 Å². The molecule has 1 unspecified atom stereocenters. The Labute approximate surface area is 171 Å². The van der Waals surface area contributed by atoms with E-state index in [4.69, 9.17) is 14.9 Å². The van der Waals surface area contributed by atoms with Crippen LogP contribution in [0.25, 0.3) is 0 Å². The number of carbonyl (C=O) groups is 2. The lowest BCUT2D eigenvalue weighted by Gasteiger charge is -2.20. The van der Waals surface area contributed by atoms with Gasteiger partial charge in [0.05, 0.1) is 5.56 Å². The van der Waals surface area contributed by atoms with Crippen LogP contribution in [0.5, 0.6) is 5.75 Å². The number of ether oxygens (including phenoxy) is 1. The van der Waals surface area contributed by atoms with Crippen molar-refractivity contribution >= 4 is 11.9 Å². The fourth-order valence-corrected chi connectivity index (χ4v) is 2.27. The number of benzene rings is 2. The summed E-state index contributed by atoms with van der Waals surface area (Å²) in [5.74, 6) is -2.09. The van der Waals surface area contributed by atoms with Crippen molar-refractivity contribution < 1.29 is 37.7 Å². The molecule has 1 atom stereocenters. The first kappa shape index (κ1) is 24.7. The Kier molecular flexibility index (Phi) is 10.1. The second kappa shape index (κ2) is 12.3. The molecule has 0 fully saturated rings. The van der Waals surface area contributed by atoms with Gasteiger partial charge in [-0.3, -0.25) is 0 Å². The fraction of sp³-hybridized carbons (Fsp3) is 0.238. The third kappa shape index (κ3) is 9.74. The van der Waals surface area contributed by atoms with Gasteiger partial charge in [0.15, 0.2) is 0 Å². The maximum atomic E-state index is 12.6. The standard InChI is InChI=1S/C17H18F3NO.C4H4O4/c1-21-12-11-16(13-5-3-2-4-6-13)22-15-9-7-14(8-10-15)17(18,19)20;5-3(6)1-2-4(7)8/h2-10,16,21H,11-12H2,1H3;1-2H,(H,5,6)(H,7,8). The van der Waals surface area contributed by atoms with Crippen molar-refractivity contribution in [1.29, 1.82) is 0 Å². The highest BCUT2D eigenvalue weighted by Crippen LogP contribution is 2.31. The Hall–Kier alpha value is -3.33. The topological polar surface area (TPSA) is 95.9 Å². The quantitative estimate of drug-likeness (QED) is 0.550. The Morgan fingerprint density at radius 1 is 1.00 bits per heavy atom. The van der Waals surface area contributed by atoms with Crippen LogP contribution in [0.1, 0.15) is 23.7 Å². The number of alkyl halides is 3. The van der Waals surface area contributed by atoms with Crippen LogP contribution in [0, 0.1) is 0 Å². The molecule has 2 aromatic rings. The molecule has 2 rings (SSSR count). The molecular formula is C21H22F3NO5. The minimum atomic E-state index is -4.33. The molecule has 162 valence electrons. The van der Waals surface area contributed by atoms with Gasteiger partial charge in [-0.05, 0) is 43.4 Å². The normalized spacial score (nSPS) is 12.0. The molecule has 0 aliphatic rings. The third-order valence-corrected chi connectivity index (χ3v) is 3.66. The van der Waals surface area contributed by atoms with Crippen molar-refractivity contribution in [2.24, 2.45) is 0 Å². The van der Waals surface area contributed by atoms with E-state index in [2.05, 4.69) is 5.32 Å². The van der Waals surface area contributed by atoms with Gasteiger partial charge in [0.2, 0.25) is 0 Å². The first-order valence-electron chi connectivity index (χ1n) is 8.81. The van der Waals surface area contributed by atoms with Gasteiger partial charge in [0.25, 0.3) is 0 Å². The Morgan fingerprint density at radius 2 is 1.53 bits per heavy atom. The number of carboxylic acid groups (broad SMARTS) is 2. The number of aliphatic carboxylic acids is 2. The molecule has 9 heteroatoms. The third-order valence-electron chi connectivity index (χ3n) is 3.66. The lowest BCUT2D eigenvalue weighted by atomic mass is 10.1. The second-order valence-corrected chi connectivity index (χ2v) is 5.94. The molecule has 2 aromatic carbocycles. The van der Waals surface area contributed by atoms with Gasteiger partial charge < -0.3 is 20.3 Å². The molecule has 3 N–H and O–H groups in total. The Bertz CT molecular complexity index is 805. The first-order chi connectivity index (χ1) is 14.1.